The molecule has 158 valence electrons. The Kier molecular flexibility index (Phi) is 6.15. The van der Waals surface area contributed by atoms with Crippen LogP contribution >= 0.6 is 11.5 Å². The Morgan fingerprint density at radius 3 is 2.63 bits per heavy atom. The quantitative estimate of drug-likeness (QED) is 0.496. The Labute approximate surface area is 170 Å². The normalized spacial score (nSPS) is 11.3. The maximum Gasteiger partial charge on any atom is 0.573 e. The van der Waals surface area contributed by atoms with E-state index in [9.17, 15) is 26.7 Å². The molecule has 6 nitrogen and oxygen atoms in total. The van der Waals surface area contributed by atoms with Crippen LogP contribution in [0.5, 0.6) is 5.75 Å². The molecule has 30 heavy (non-hydrogen) atoms. The predicted octanol–water partition coefficient (Wildman–Crippen LogP) is 5.66. The molecule has 0 unspecified atom stereocenters. The third kappa shape index (κ3) is 5.20. The molecule has 0 spiro atoms. The summed E-state index contributed by atoms with van der Waals surface area (Å²) in [4.78, 5) is 16.3. The van der Waals surface area contributed by atoms with E-state index in [1.165, 1.54) is 37.5 Å². The Morgan fingerprint density at radius 2 is 2.00 bits per heavy atom. The van der Waals surface area contributed by atoms with Crippen molar-refractivity contribution in [1.29, 1.82) is 0 Å². The van der Waals surface area contributed by atoms with Crippen LogP contribution in [0.1, 0.15) is 23.3 Å². The largest absolute Gasteiger partial charge is 0.573 e. The van der Waals surface area contributed by atoms with Crippen LogP contribution in [0.3, 0.4) is 0 Å². The third-order valence-corrected chi connectivity index (χ3v) is 4.44. The Hall–Kier alpha value is -3.28. The minimum atomic E-state index is -5.01. The van der Waals surface area contributed by atoms with Crippen molar-refractivity contribution in [3.63, 3.8) is 0 Å². The molecule has 0 saturated heterocycles. The average molecular weight is 445 g/mol. The summed E-state index contributed by atoms with van der Waals surface area (Å²) in [6, 6.07) is 6.46. The number of ether oxygens (including phenoxy) is 1. The number of rotatable bonds is 6. The Balaban J connectivity index is 2.02. The second-order valence-electron chi connectivity index (χ2n) is 5.89. The van der Waals surface area contributed by atoms with Gasteiger partial charge in [-0.05, 0) is 48.3 Å². The molecular formula is C18H12F5N3O3S. The van der Waals surface area contributed by atoms with Gasteiger partial charge in [0.05, 0.1) is 17.5 Å². The molecule has 0 aliphatic carbocycles. The van der Waals surface area contributed by atoms with Crippen molar-refractivity contribution in [3.8, 4) is 16.3 Å². The van der Waals surface area contributed by atoms with Gasteiger partial charge in [-0.15, -0.1) is 13.2 Å². The number of benzene rings is 1. The molecule has 0 saturated carbocycles. The molecule has 3 aromatic rings. The fourth-order valence-electron chi connectivity index (χ4n) is 2.39. The van der Waals surface area contributed by atoms with Gasteiger partial charge in [-0.3, -0.25) is 4.79 Å². The number of hydrogen-bond donors (Lipinski definition) is 1. The van der Waals surface area contributed by atoms with Crippen LogP contribution in [0.4, 0.5) is 27.6 Å². The number of allylic oxidation sites excluding steroid dienone is 1. The van der Waals surface area contributed by atoms with E-state index in [0.717, 1.165) is 6.07 Å². The van der Waals surface area contributed by atoms with Crippen molar-refractivity contribution >= 4 is 23.1 Å². The van der Waals surface area contributed by atoms with E-state index >= 15 is 0 Å². The topological polar surface area (TPSA) is 77.2 Å². The molecule has 1 amide bonds. The lowest BCUT2D eigenvalue weighted by Crippen LogP contribution is -2.18. The maximum atomic E-state index is 12.9. The van der Waals surface area contributed by atoms with Gasteiger partial charge in [0.1, 0.15) is 16.6 Å². The molecule has 0 fully saturated rings. The highest BCUT2D eigenvalue weighted by atomic mass is 32.1. The summed E-state index contributed by atoms with van der Waals surface area (Å²) >= 11 is 0.685. The minimum absolute atomic E-state index is 0.00887. The Bertz CT molecular complexity index is 1070. The number of furan rings is 1. The number of aromatic nitrogens is 2. The molecule has 0 aliphatic heterocycles. The first-order chi connectivity index (χ1) is 14.1. The van der Waals surface area contributed by atoms with E-state index in [-0.39, 0.29) is 39.8 Å². The van der Waals surface area contributed by atoms with Gasteiger partial charge in [0.2, 0.25) is 0 Å². The highest BCUT2D eigenvalue weighted by Crippen LogP contribution is 2.40. The number of halogens is 5. The van der Waals surface area contributed by atoms with Crippen LogP contribution in [-0.2, 0) is 6.42 Å². The molecule has 0 bridgehead atoms. The zero-order chi connectivity index (χ0) is 21.9. The second kappa shape index (κ2) is 8.61. The lowest BCUT2D eigenvalue weighted by Gasteiger charge is -2.15. The van der Waals surface area contributed by atoms with E-state index < -0.39 is 24.1 Å². The summed E-state index contributed by atoms with van der Waals surface area (Å²) in [5.41, 5.74) is -0.517. The molecule has 12 heteroatoms. The lowest BCUT2D eigenvalue weighted by molar-refractivity contribution is -0.274. The van der Waals surface area contributed by atoms with Gasteiger partial charge in [-0.2, -0.15) is 13.2 Å². The van der Waals surface area contributed by atoms with E-state index in [2.05, 4.69) is 19.4 Å². The highest BCUT2D eigenvalue weighted by molar-refractivity contribution is 7.09. The fourth-order valence-corrected chi connectivity index (χ4v) is 3.13. The third-order valence-electron chi connectivity index (χ3n) is 3.67. The van der Waals surface area contributed by atoms with Gasteiger partial charge in [0.25, 0.3) is 12.0 Å². The Morgan fingerprint density at radius 1 is 1.23 bits per heavy atom. The number of anilines is 1. The van der Waals surface area contributed by atoms with Crippen LogP contribution in [0.2, 0.25) is 0 Å². The molecule has 2 aromatic heterocycles. The first kappa shape index (κ1) is 21.4. The molecule has 1 aromatic carbocycles. The van der Waals surface area contributed by atoms with Crippen LogP contribution in [0.15, 0.2) is 52.7 Å². The van der Waals surface area contributed by atoms with Crippen molar-refractivity contribution in [2.45, 2.75) is 19.7 Å². The van der Waals surface area contributed by atoms with Crippen LogP contribution in [-0.4, -0.2) is 21.6 Å². The van der Waals surface area contributed by atoms with Crippen LogP contribution in [0, 0.1) is 0 Å². The maximum absolute atomic E-state index is 12.9. The number of amides is 1. The first-order valence-corrected chi connectivity index (χ1v) is 8.98. The number of carbonyl (C=O) groups excluding carboxylic acids is 1. The molecule has 0 atom stereocenters. The van der Waals surface area contributed by atoms with Crippen molar-refractivity contribution in [3.05, 3.63) is 59.8 Å². The number of nitrogens with one attached hydrogen (secondary N) is 1. The van der Waals surface area contributed by atoms with Gasteiger partial charge < -0.3 is 14.5 Å². The van der Waals surface area contributed by atoms with Crippen molar-refractivity contribution < 1.29 is 35.9 Å². The van der Waals surface area contributed by atoms with Crippen LogP contribution < -0.4 is 10.1 Å². The number of nitrogens with zero attached hydrogens (tertiary/aromatic N) is 2. The fraction of sp³-hybridized carbons (Fsp3) is 0.167. The smallest absolute Gasteiger partial charge is 0.459 e. The standard InChI is InChI=1S/C18H12F5N3O3S/c1-9(15(19)20)8-13-25-17(30-26-13)14-10(24-16(27)12-6-3-7-28-12)4-2-5-11(14)29-18(21,22)23/h2-7H,8H2,1H3,(H,24,27). The second-order valence-corrected chi connectivity index (χ2v) is 6.64. The lowest BCUT2D eigenvalue weighted by atomic mass is 10.1. The van der Waals surface area contributed by atoms with Gasteiger partial charge in [-0.1, -0.05) is 6.07 Å². The van der Waals surface area contributed by atoms with Gasteiger partial charge >= 0.3 is 6.36 Å². The molecule has 0 aliphatic rings. The monoisotopic (exact) mass is 445 g/mol. The first-order valence-electron chi connectivity index (χ1n) is 8.21. The van der Waals surface area contributed by atoms with E-state index in [1.807, 2.05) is 0 Å². The summed E-state index contributed by atoms with van der Waals surface area (Å²) in [7, 11) is 0. The van der Waals surface area contributed by atoms with Gasteiger partial charge in [0, 0.05) is 6.42 Å². The SMILES string of the molecule is CC(Cc1nsc(-c2c(NC(=O)c3ccco3)cccc2OC(F)(F)F)n1)=C(F)F. The number of carbonyl (C=O) groups is 1. The average Bonchev–Trinajstić information content (AvgIpc) is 3.32. The molecule has 3 rings (SSSR count). The van der Waals surface area contributed by atoms with Crippen molar-refractivity contribution in [1.82, 2.24) is 9.36 Å². The van der Waals surface area contributed by atoms with Gasteiger partial charge in [0.15, 0.2) is 5.76 Å². The summed E-state index contributed by atoms with van der Waals surface area (Å²) in [6.45, 7) is 1.19. The summed E-state index contributed by atoms with van der Waals surface area (Å²) in [5, 5.41) is 2.39. The van der Waals surface area contributed by atoms with E-state index in [1.54, 1.807) is 0 Å². The summed E-state index contributed by atoms with van der Waals surface area (Å²) < 4.78 is 76.9. The minimum Gasteiger partial charge on any atom is -0.459 e. The predicted molar refractivity (Wildman–Crippen MR) is 97.3 cm³/mol. The highest BCUT2D eigenvalue weighted by Gasteiger charge is 2.33. The van der Waals surface area contributed by atoms with E-state index in [4.69, 9.17) is 4.42 Å². The van der Waals surface area contributed by atoms with Crippen molar-refractivity contribution in [2.75, 3.05) is 5.32 Å². The number of hydrogen-bond acceptors (Lipinski definition) is 6. The summed E-state index contributed by atoms with van der Waals surface area (Å²) in [5.74, 6) is -1.43. The molecular weight excluding hydrogens is 433 g/mol. The molecule has 0 radical (unpaired) electrons. The van der Waals surface area contributed by atoms with Gasteiger partial charge in [-0.25, -0.2) is 4.98 Å². The summed E-state index contributed by atoms with van der Waals surface area (Å²) in [6.07, 6.45) is -5.92. The molecule has 2 heterocycles. The molecule has 1 N–H and O–H groups in total. The van der Waals surface area contributed by atoms with Crippen LogP contribution in [0.25, 0.3) is 10.6 Å². The zero-order valence-electron chi connectivity index (χ0n) is 15.1. The number of alkyl halides is 3. The zero-order valence-corrected chi connectivity index (χ0v) is 15.9. The van der Waals surface area contributed by atoms with Crippen molar-refractivity contribution in [2.24, 2.45) is 0 Å². The van der Waals surface area contributed by atoms with E-state index in [0.29, 0.717) is 11.5 Å².